The van der Waals surface area contributed by atoms with Gasteiger partial charge in [0.25, 0.3) is 5.91 Å². The fourth-order valence-electron chi connectivity index (χ4n) is 1.84. The third-order valence-electron chi connectivity index (χ3n) is 3.12. The minimum absolute atomic E-state index is 0.00529. The van der Waals surface area contributed by atoms with Gasteiger partial charge >= 0.3 is 5.97 Å². The highest BCUT2D eigenvalue weighted by Crippen LogP contribution is 2.22. The van der Waals surface area contributed by atoms with Gasteiger partial charge in [-0.25, -0.2) is 4.79 Å². The van der Waals surface area contributed by atoms with Crippen molar-refractivity contribution in [2.45, 2.75) is 13.5 Å². The normalized spacial score (nSPS) is 10.2. The predicted octanol–water partition coefficient (Wildman–Crippen LogP) is 2.94. The molecule has 0 aliphatic rings. The van der Waals surface area contributed by atoms with Crippen molar-refractivity contribution in [1.82, 2.24) is 5.32 Å². The van der Waals surface area contributed by atoms with Crippen LogP contribution < -0.4 is 5.32 Å². The first-order valence-electron chi connectivity index (χ1n) is 6.93. The summed E-state index contributed by atoms with van der Waals surface area (Å²) in [4.78, 5) is 23.6. The Morgan fingerprint density at radius 2 is 1.87 bits per heavy atom. The Hall–Kier alpha value is -2.34. The van der Waals surface area contributed by atoms with E-state index in [9.17, 15) is 14.7 Å². The number of phenolic OH excluding ortho intramolecular Hbond substituents is 1. The second kappa shape index (κ2) is 7.78. The lowest BCUT2D eigenvalue weighted by molar-refractivity contribution is -0.124. The van der Waals surface area contributed by atoms with E-state index in [1.165, 1.54) is 12.1 Å². The minimum atomic E-state index is -0.755. The number of aromatic hydroxyl groups is 1. The second-order valence-corrected chi connectivity index (χ2v) is 5.92. The molecule has 0 bridgehead atoms. The number of carbonyl (C=O) groups excluding carboxylic acids is 2. The van der Waals surface area contributed by atoms with Gasteiger partial charge in [0.05, 0.1) is 0 Å². The molecule has 0 radical (unpaired) electrons. The number of ether oxygens (including phenoxy) is 1. The van der Waals surface area contributed by atoms with E-state index in [1.807, 2.05) is 31.2 Å². The summed E-state index contributed by atoms with van der Waals surface area (Å²) < 4.78 is 5.53. The fourth-order valence-corrected chi connectivity index (χ4v) is 2.20. The van der Waals surface area contributed by atoms with Crippen LogP contribution >= 0.6 is 15.9 Å². The fraction of sp³-hybridized carbons (Fsp3) is 0.176. The van der Waals surface area contributed by atoms with Gasteiger partial charge in [-0.15, -0.1) is 0 Å². The molecule has 6 heteroatoms. The molecule has 2 rings (SSSR count). The van der Waals surface area contributed by atoms with Crippen molar-refractivity contribution in [2.24, 2.45) is 0 Å². The Labute approximate surface area is 142 Å². The summed E-state index contributed by atoms with van der Waals surface area (Å²) in [6.07, 6.45) is 0. The standard InChI is InChI=1S/C17H16BrNO4/c1-11-2-4-12(5-3-11)9-19-16(21)10-23-17(22)14-8-13(18)6-7-15(14)20/h2-8,20H,9-10H2,1H3,(H,19,21). The van der Waals surface area contributed by atoms with Crippen LogP contribution in [0.25, 0.3) is 0 Å². The van der Waals surface area contributed by atoms with Gasteiger partial charge in [-0.05, 0) is 30.7 Å². The molecule has 0 aliphatic carbocycles. The number of hydrogen-bond donors (Lipinski definition) is 2. The van der Waals surface area contributed by atoms with Crippen molar-refractivity contribution < 1.29 is 19.4 Å². The number of hydrogen-bond acceptors (Lipinski definition) is 4. The molecular weight excluding hydrogens is 362 g/mol. The van der Waals surface area contributed by atoms with Crippen molar-refractivity contribution in [2.75, 3.05) is 6.61 Å². The highest BCUT2D eigenvalue weighted by molar-refractivity contribution is 9.10. The number of benzene rings is 2. The highest BCUT2D eigenvalue weighted by Gasteiger charge is 2.14. The topological polar surface area (TPSA) is 75.6 Å². The van der Waals surface area contributed by atoms with E-state index in [2.05, 4.69) is 21.2 Å². The summed E-state index contributed by atoms with van der Waals surface area (Å²) in [7, 11) is 0. The van der Waals surface area contributed by atoms with Gasteiger partial charge in [-0.1, -0.05) is 45.8 Å². The number of phenols is 1. The molecule has 0 aliphatic heterocycles. The van der Waals surface area contributed by atoms with Gasteiger partial charge in [-0.3, -0.25) is 4.79 Å². The van der Waals surface area contributed by atoms with Gasteiger partial charge in [0.2, 0.25) is 0 Å². The summed E-state index contributed by atoms with van der Waals surface area (Å²) in [5.74, 6) is -1.36. The van der Waals surface area contributed by atoms with Crippen molar-refractivity contribution in [3.05, 3.63) is 63.6 Å². The molecule has 0 unspecified atom stereocenters. The molecule has 2 N–H and O–H groups in total. The third kappa shape index (κ3) is 5.10. The zero-order valence-corrected chi connectivity index (χ0v) is 14.1. The summed E-state index contributed by atoms with van der Waals surface area (Å²) >= 11 is 3.20. The molecule has 0 aromatic heterocycles. The predicted molar refractivity (Wildman–Crippen MR) is 89.1 cm³/mol. The molecule has 2 aromatic rings. The molecule has 1 amide bonds. The Morgan fingerprint density at radius 1 is 1.17 bits per heavy atom. The number of esters is 1. The molecule has 0 saturated heterocycles. The van der Waals surface area contributed by atoms with Gasteiger partial charge in [0, 0.05) is 11.0 Å². The van der Waals surface area contributed by atoms with E-state index in [0.29, 0.717) is 11.0 Å². The van der Waals surface area contributed by atoms with E-state index in [4.69, 9.17) is 4.74 Å². The first-order valence-corrected chi connectivity index (χ1v) is 7.73. The molecule has 2 aromatic carbocycles. The lowest BCUT2D eigenvalue weighted by atomic mass is 10.1. The number of amides is 1. The zero-order valence-electron chi connectivity index (χ0n) is 12.5. The Bertz CT molecular complexity index is 713. The summed E-state index contributed by atoms with van der Waals surface area (Å²) in [6, 6.07) is 12.2. The van der Waals surface area contributed by atoms with Crippen LogP contribution in [0, 0.1) is 6.92 Å². The molecule has 23 heavy (non-hydrogen) atoms. The van der Waals surface area contributed by atoms with Crippen LogP contribution in [0.5, 0.6) is 5.75 Å². The average Bonchev–Trinajstić information content (AvgIpc) is 2.54. The average molecular weight is 378 g/mol. The van der Waals surface area contributed by atoms with Crippen molar-refractivity contribution in [1.29, 1.82) is 0 Å². The molecule has 0 fully saturated rings. The maximum atomic E-state index is 11.9. The summed E-state index contributed by atoms with van der Waals surface area (Å²) in [5.41, 5.74) is 2.11. The summed E-state index contributed by atoms with van der Waals surface area (Å²) in [5, 5.41) is 12.3. The lowest BCUT2D eigenvalue weighted by Crippen LogP contribution is -2.28. The van der Waals surface area contributed by atoms with Crippen LogP contribution in [0.2, 0.25) is 0 Å². The van der Waals surface area contributed by atoms with Gasteiger partial charge in [0.15, 0.2) is 6.61 Å². The first-order chi connectivity index (χ1) is 11.0. The van der Waals surface area contributed by atoms with Crippen molar-refractivity contribution in [3.63, 3.8) is 0 Å². The van der Waals surface area contributed by atoms with Crippen LogP contribution in [0.1, 0.15) is 21.5 Å². The monoisotopic (exact) mass is 377 g/mol. The maximum absolute atomic E-state index is 11.9. The number of carbonyl (C=O) groups is 2. The summed E-state index contributed by atoms with van der Waals surface area (Å²) in [6.45, 7) is 1.94. The smallest absolute Gasteiger partial charge is 0.342 e. The molecule has 120 valence electrons. The van der Waals surface area contributed by atoms with E-state index in [1.54, 1.807) is 6.07 Å². The molecular formula is C17H16BrNO4. The third-order valence-corrected chi connectivity index (χ3v) is 3.62. The van der Waals surface area contributed by atoms with E-state index in [0.717, 1.165) is 11.1 Å². The van der Waals surface area contributed by atoms with Crippen LogP contribution in [0.15, 0.2) is 46.9 Å². The van der Waals surface area contributed by atoms with E-state index in [-0.39, 0.29) is 11.3 Å². The SMILES string of the molecule is Cc1ccc(CNC(=O)COC(=O)c2cc(Br)ccc2O)cc1. The van der Waals surface area contributed by atoms with Gasteiger partial charge < -0.3 is 15.2 Å². The van der Waals surface area contributed by atoms with Crippen LogP contribution in [0.4, 0.5) is 0 Å². The Balaban J connectivity index is 1.83. The van der Waals surface area contributed by atoms with Gasteiger partial charge in [0.1, 0.15) is 11.3 Å². The Morgan fingerprint density at radius 3 is 2.57 bits per heavy atom. The number of nitrogens with one attached hydrogen (secondary N) is 1. The van der Waals surface area contributed by atoms with E-state index < -0.39 is 18.5 Å². The first kappa shape index (κ1) is 17.0. The van der Waals surface area contributed by atoms with Crippen molar-refractivity contribution in [3.8, 4) is 5.75 Å². The quantitative estimate of drug-likeness (QED) is 0.785. The largest absolute Gasteiger partial charge is 0.507 e. The highest BCUT2D eigenvalue weighted by atomic mass is 79.9. The Kier molecular flexibility index (Phi) is 5.76. The molecule has 0 spiro atoms. The van der Waals surface area contributed by atoms with Crippen LogP contribution in [-0.4, -0.2) is 23.6 Å². The minimum Gasteiger partial charge on any atom is -0.507 e. The number of aryl methyl sites for hydroxylation is 1. The van der Waals surface area contributed by atoms with Crippen LogP contribution in [-0.2, 0) is 16.1 Å². The maximum Gasteiger partial charge on any atom is 0.342 e. The molecule has 5 nitrogen and oxygen atoms in total. The number of halogens is 1. The second-order valence-electron chi connectivity index (χ2n) is 5.00. The molecule has 0 atom stereocenters. The van der Waals surface area contributed by atoms with Crippen LogP contribution in [0.3, 0.4) is 0 Å². The lowest BCUT2D eigenvalue weighted by Gasteiger charge is -2.08. The molecule has 0 saturated carbocycles. The zero-order chi connectivity index (χ0) is 16.8. The number of rotatable bonds is 5. The van der Waals surface area contributed by atoms with Gasteiger partial charge in [-0.2, -0.15) is 0 Å². The van der Waals surface area contributed by atoms with Crippen molar-refractivity contribution >= 4 is 27.8 Å². The van der Waals surface area contributed by atoms with E-state index >= 15 is 0 Å². The molecule has 0 heterocycles.